The van der Waals surface area contributed by atoms with Crippen LogP contribution in [0.25, 0.3) is 0 Å². The van der Waals surface area contributed by atoms with E-state index in [2.05, 4.69) is 20.0 Å². The molecule has 1 aliphatic rings. The molecule has 1 aromatic heterocycles. The highest BCUT2D eigenvalue weighted by atomic mass is 35.5. The zero-order valence-electron chi connectivity index (χ0n) is 12.2. The number of nitrogens with zero attached hydrogens (tertiary/aromatic N) is 2. The number of hydrogen-bond donors (Lipinski definition) is 2. The predicted molar refractivity (Wildman–Crippen MR) is 81.6 cm³/mol. The van der Waals surface area contributed by atoms with E-state index in [0.717, 1.165) is 24.8 Å². The second-order valence-corrected chi connectivity index (χ2v) is 5.94. The molecular weight excluding hydrogens is 320 g/mol. The first kappa shape index (κ1) is 15.5. The summed E-state index contributed by atoms with van der Waals surface area (Å²) >= 11 is 5.91. The molecule has 8 heteroatoms. The highest BCUT2D eigenvalue weighted by Crippen LogP contribution is 2.44. The third-order valence-electron chi connectivity index (χ3n) is 4.12. The van der Waals surface area contributed by atoms with Crippen molar-refractivity contribution in [2.24, 2.45) is 5.73 Å². The first-order valence-electron chi connectivity index (χ1n) is 7.18. The van der Waals surface area contributed by atoms with Crippen molar-refractivity contribution < 1.29 is 14.1 Å². The number of aromatic nitrogens is 2. The summed E-state index contributed by atoms with van der Waals surface area (Å²) in [7, 11) is 0. The number of carbonyl (C=O) groups is 2. The van der Waals surface area contributed by atoms with E-state index in [1.807, 2.05) is 12.1 Å². The second kappa shape index (κ2) is 6.00. The fourth-order valence-electron chi connectivity index (χ4n) is 2.70. The van der Waals surface area contributed by atoms with Gasteiger partial charge in [-0.15, -0.1) is 0 Å². The fraction of sp³-hybridized carbons (Fsp3) is 0.333. The van der Waals surface area contributed by atoms with E-state index in [0.29, 0.717) is 5.02 Å². The van der Waals surface area contributed by atoms with Crippen LogP contribution < -0.4 is 11.1 Å². The SMILES string of the molecule is NC(=O)c1nc(CNC(=O)C2(c3ccc(Cl)cc3)CCC2)no1. The van der Waals surface area contributed by atoms with Gasteiger partial charge in [-0.05, 0) is 30.5 Å². The summed E-state index contributed by atoms with van der Waals surface area (Å²) in [5.74, 6) is -0.966. The molecule has 2 amide bonds. The molecule has 0 aliphatic heterocycles. The normalized spacial score (nSPS) is 15.7. The van der Waals surface area contributed by atoms with Gasteiger partial charge in [-0.3, -0.25) is 9.59 Å². The lowest BCUT2D eigenvalue weighted by Gasteiger charge is -2.40. The van der Waals surface area contributed by atoms with Crippen LogP contribution in [0.5, 0.6) is 0 Å². The Labute approximate surface area is 137 Å². The van der Waals surface area contributed by atoms with Gasteiger partial charge in [0.1, 0.15) is 0 Å². The van der Waals surface area contributed by atoms with Gasteiger partial charge in [0.2, 0.25) is 5.91 Å². The van der Waals surface area contributed by atoms with Crippen molar-refractivity contribution in [2.75, 3.05) is 0 Å². The molecule has 120 valence electrons. The van der Waals surface area contributed by atoms with Gasteiger partial charge in [0.25, 0.3) is 0 Å². The quantitative estimate of drug-likeness (QED) is 0.861. The van der Waals surface area contributed by atoms with Crippen LogP contribution in [-0.2, 0) is 16.8 Å². The summed E-state index contributed by atoms with van der Waals surface area (Å²) in [6, 6.07) is 7.31. The zero-order chi connectivity index (χ0) is 16.4. The molecule has 2 aromatic rings. The van der Waals surface area contributed by atoms with E-state index >= 15 is 0 Å². The van der Waals surface area contributed by atoms with Crippen molar-refractivity contribution in [3.63, 3.8) is 0 Å². The van der Waals surface area contributed by atoms with Gasteiger partial charge >= 0.3 is 11.8 Å². The van der Waals surface area contributed by atoms with Crippen LogP contribution in [-0.4, -0.2) is 22.0 Å². The van der Waals surface area contributed by atoms with Gasteiger partial charge in [-0.25, -0.2) is 0 Å². The maximum atomic E-state index is 12.6. The topological polar surface area (TPSA) is 111 Å². The minimum atomic E-state index is -0.799. The molecule has 0 radical (unpaired) electrons. The predicted octanol–water partition coefficient (Wildman–Crippen LogP) is 1.56. The number of carbonyl (C=O) groups excluding carboxylic acids is 2. The van der Waals surface area contributed by atoms with Crippen molar-refractivity contribution in [2.45, 2.75) is 31.2 Å². The number of benzene rings is 1. The Kier molecular flexibility index (Phi) is 4.04. The maximum absolute atomic E-state index is 12.6. The minimum Gasteiger partial charge on any atom is -0.361 e. The summed E-state index contributed by atoms with van der Waals surface area (Å²) < 4.78 is 4.68. The highest BCUT2D eigenvalue weighted by molar-refractivity contribution is 6.30. The fourth-order valence-corrected chi connectivity index (χ4v) is 2.83. The van der Waals surface area contributed by atoms with E-state index in [1.165, 1.54) is 0 Å². The molecule has 0 saturated heterocycles. The van der Waals surface area contributed by atoms with Gasteiger partial charge in [-0.1, -0.05) is 35.3 Å². The van der Waals surface area contributed by atoms with Gasteiger partial charge in [0, 0.05) is 5.02 Å². The molecule has 0 spiro atoms. The molecule has 1 aliphatic carbocycles. The summed E-state index contributed by atoms with van der Waals surface area (Å²) in [5.41, 5.74) is 5.44. The molecule has 3 N–H and O–H groups in total. The van der Waals surface area contributed by atoms with Gasteiger partial charge < -0.3 is 15.6 Å². The summed E-state index contributed by atoms with van der Waals surface area (Å²) in [6.07, 6.45) is 2.54. The zero-order valence-corrected chi connectivity index (χ0v) is 13.0. The number of primary amides is 1. The average Bonchev–Trinajstić information content (AvgIpc) is 2.95. The van der Waals surface area contributed by atoms with Crippen LogP contribution in [0.15, 0.2) is 28.8 Å². The molecule has 1 aromatic carbocycles. The van der Waals surface area contributed by atoms with Crippen LogP contribution in [0, 0.1) is 0 Å². The molecule has 0 bridgehead atoms. The van der Waals surface area contributed by atoms with Gasteiger partial charge in [0.05, 0.1) is 12.0 Å². The lowest BCUT2D eigenvalue weighted by Crippen LogP contribution is -2.49. The molecule has 0 unspecified atom stereocenters. The lowest BCUT2D eigenvalue weighted by molar-refractivity contribution is -0.130. The Morgan fingerprint density at radius 2 is 2.00 bits per heavy atom. The first-order chi connectivity index (χ1) is 11.0. The Balaban J connectivity index is 1.70. The Morgan fingerprint density at radius 1 is 1.30 bits per heavy atom. The van der Waals surface area contributed by atoms with E-state index in [9.17, 15) is 9.59 Å². The summed E-state index contributed by atoms with van der Waals surface area (Å²) in [6.45, 7) is 0.0744. The Hall–Kier alpha value is -2.41. The Bertz CT molecular complexity index is 737. The van der Waals surface area contributed by atoms with E-state index in [1.54, 1.807) is 12.1 Å². The molecule has 1 saturated carbocycles. The Morgan fingerprint density at radius 3 is 2.52 bits per heavy atom. The van der Waals surface area contributed by atoms with Crippen molar-refractivity contribution in [3.05, 3.63) is 46.6 Å². The molecule has 0 atom stereocenters. The van der Waals surface area contributed by atoms with Crippen molar-refractivity contribution >= 4 is 23.4 Å². The van der Waals surface area contributed by atoms with Gasteiger partial charge in [0.15, 0.2) is 5.82 Å². The molecule has 23 heavy (non-hydrogen) atoms. The van der Waals surface area contributed by atoms with Crippen molar-refractivity contribution in [1.29, 1.82) is 0 Å². The maximum Gasteiger partial charge on any atom is 0.315 e. The monoisotopic (exact) mass is 334 g/mol. The van der Waals surface area contributed by atoms with E-state index in [4.69, 9.17) is 17.3 Å². The van der Waals surface area contributed by atoms with Crippen molar-refractivity contribution in [1.82, 2.24) is 15.5 Å². The number of hydrogen-bond acceptors (Lipinski definition) is 5. The summed E-state index contributed by atoms with van der Waals surface area (Å²) in [5, 5.41) is 7.03. The third kappa shape index (κ3) is 2.92. The number of rotatable bonds is 5. The molecule has 1 fully saturated rings. The van der Waals surface area contributed by atoms with Crippen LogP contribution in [0.2, 0.25) is 5.02 Å². The largest absolute Gasteiger partial charge is 0.361 e. The molecule has 7 nitrogen and oxygen atoms in total. The van der Waals surface area contributed by atoms with Crippen LogP contribution in [0.4, 0.5) is 0 Å². The minimum absolute atomic E-state index is 0.0744. The standard InChI is InChI=1S/C15H15ClN4O3/c16-10-4-2-9(3-5-10)15(6-1-7-15)14(22)18-8-11-19-13(12(17)21)23-20-11/h2-5H,1,6-8H2,(H2,17,21)(H,18,22). The molecular formula is C15H15ClN4O3. The lowest BCUT2D eigenvalue weighted by atomic mass is 9.64. The number of amides is 2. The van der Waals surface area contributed by atoms with Crippen molar-refractivity contribution in [3.8, 4) is 0 Å². The average molecular weight is 335 g/mol. The number of nitrogens with one attached hydrogen (secondary N) is 1. The highest BCUT2D eigenvalue weighted by Gasteiger charge is 2.45. The van der Waals surface area contributed by atoms with Crippen LogP contribution in [0.1, 0.15) is 41.3 Å². The third-order valence-corrected chi connectivity index (χ3v) is 4.38. The second-order valence-electron chi connectivity index (χ2n) is 5.51. The van der Waals surface area contributed by atoms with E-state index in [-0.39, 0.29) is 24.2 Å². The summed E-state index contributed by atoms with van der Waals surface area (Å²) in [4.78, 5) is 27.3. The van der Waals surface area contributed by atoms with Crippen LogP contribution in [0.3, 0.4) is 0 Å². The van der Waals surface area contributed by atoms with Crippen LogP contribution >= 0.6 is 11.6 Å². The molecule has 3 rings (SSSR count). The first-order valence-corrected chi connectivity index (χ1v) is 7.56. The van der Waals surface area contributed by atoms with Gasteiger partial charge in [-0.2, -0.15) is 4.98 Å². The number of halogens is 1. The molecule has 1 heterocycles. The smallest absolute Gasteiger partial charge is 0.315 e. The number of nitrogens with two attached hydrogens (primary N) is 1. The van der Waals surface area contributed by atoms with E-state index < -0.39 is 11.3 Å².